The molecule has 1 unspecified atom stereocenters. The van der Waals surface area contributed by atoms with Crippen molar-refractivity contribution in [1.29, 1.82) is 0 Å². The van der Waals surface area contributed by atoms with E-state index in [-0.39, 0.29) is 29.8 Å². The summed E-state index contributed by atoms with van der Waals surface area (Å²) >= 11 is 0. The van der Waals surface area contributed by atoms with E-state index in [0.29, 0.717) is 5.82 Å². The molecule has 1 aromatic rings. The smallest absolute Gasteiger partial charge is 0.273 e. The van der Waals surface area contributed by atoms with Gasteiger partial charge in [0, 0.05) is 21.1 Å². The van der Waals surface area contributed by atoms with Crippen molar-refractivity contribution < 1.29 is 14.4 Å². The molecule has 0 aliphatic carbocycles. The lowest BCUT2D eigenvalue weighted by Gasteiger charge is -2.12. The highest BCUT2D eigenvalue weighted by atomic mass is 16.2. The Morgan fingerprint density at radius 1 is 1.35 bits per heavy atom. The van der Waals surface area contributed by atoms with Gasteiger partial charge in [-0.25, -0.2) is 0 Å². The first-order valence-corrected chi connectivity index (χ1v) is 6.02. The SMILES string of the molecule is CN(C)C(=O)c1ccc(NC2CC(=O)N(C)C2=O)nn1. The van der Waals surface area contributed by atoms with Gasteiger partial charge in [-0.1, -0.05) is 0 Å². The van der Waals surface area contributed by atoms with Gasteiger partial charge in [-0.05, 0) is 12.1 Å². The Kier molecular flexibility index (Phi) is 3.64. The van der Waals surface area contributed by atoms with E-state index in [4.69, 9.17) is 0 Å². The minimum atomic E-state index is -0.628. The first-order chi connectivity index (χ1) is 9.40. The van der Waals surface area contributed by atoms with Crippen LogP contribution in [0.1, 0.15) is 16.9 Å². The summed E-state index contributed by atoms with van der Waals surface area (Å²) in [5, 5.41) is 10.5. The second-order valence-electron chi connectivity index (χ2n) is 4.70. The Hall–Kier alpha value is -2.51. The molecule has 0 bridgehead atoms. The fourth-order valence-corrected chi connectivity index (χ4v) is 1.80. The minimum Gasteiger partial charge on any atom is -0.356 e. The molecule has 0 spiro atoms. The minimum absolute atomic E-state index is 0.0927. The summed E-state index contributed by atoms with van der Waals surface area (Å²) in [7, 11) is 4.68. The molecule has 1 aliphatic rings. The van der Waals surface area contributed by atoms with Crippen LogP contribution in [0.25, 0.3) is 0 Å². The normalized spacial score (nSPS) is 18.4. The van der Waals surface area contributed by atoms with Gasteiger partial charge in [0.25, 0.3) is 11.8 Å². The van der Waals surface area contributed by atoms with Crippen LogP contribution in [0.5, 0.6) is 0 Å². The summed E-state index contributed by atoms with van der Waals surface area (Å²) < 4.78 is 0. The molecular weight excluding hydrogens is 262 g/mol. The number of carbonyl (C=O) groups is 3. The predicted octanol–water partition coefficient (Wildman–Crippen LogP) is -0.652. The van der Waals surface area contributed by atoms with Crippen molar-refractivity contribution in [2.45, 2.75) is 12.5 Å². The molecule has 0 saturated carbocycles. The second-order valence-corrected chi connectivity index (χ2v) is 4.70. The van der Waals surface area contributed by atoms with Gasteiger partial charge in [-0.3, -0.25) is 19.3 Å². The molecule has 1 fully saturated rings. The van der Waals surface area contributed by atoms with Crippen molar-refractivity contribution in [2.75, 3.05) is 26.5 Å². The van der Waals surface area contributed by atoms with Gasteiger partial charge in [0.2, 0.25) is 5.91 Å². The summed E-state index contributed by atoms with van der Waals surface area (Å²) in [5.74, 6) is -0.442. The van der Waals surface area contributed by atoms with Gasteiger partial charge in [0.1, 0.15) is 11.9 Å². The van der Waals surface area contributed by atoms with Gasteiger partial charge < -0.3 is 10.2 Å². The number of likely N-dealkylation sites (N-methyl/N-ethyl adjacent to an activating group) is 1. The number of likely N-dealkylation sites (tertiary alicyclic amines) is 1. The quantitative estimate of drug-likeness (QED) is 0.737. The topological polar surface area (TPSA) is 95.5 Å². The van der Waals surface area contributed by atoms with E-state index >= 15 is 0 Å². The third-order valence-corrected chi connectivity index (χ3v) is 2.99. The molecular formula is C12H15N5O3. The number of hydrogen-bond acceptors (Lipinski definition) is 6. The zero-order valence-electron chi connectivity index (χ0n) is 11.5. The van der Waals surface area contributed by atoms with Gasteiger partial charge in [-0.15, -0.1) is 10.2 Å². The van der Waals surface area contributed by atoms with Crippen LogP contribution in [-0.4, -0.2) is 64.9 Å². The first kappa shape index (κ1) is 13.9. The summed E-state index contributed by atoms with van der Waals surface area (Å²) in [4.78, 5) is 37.2. The molecule has 0 aromatic carbocycles. The van der Waals surface area contributed by atoms with Crippen LogP contribution in [-0.2, 0) is 9.59 Å². The van der Waals surface area contributed by atoms with Gasteiger partial charge in [0.05, 0.1) is 6.42 Å². The van der Waals surface area contributed by atoms with E-state index in [1.54, 1.807) is 20.2 Å². The number of hydrogen-bond donors (Lipinski definition) is 1. The highest BCUT2D eigenvalue weighted by Crippen LogP contribution is 2.15. The number of nitrogens with one attached hydrogen (secondary N) is 1. The van der Waals surface area contributed by atoms with E-state index in [2.05, 4.69) is 15.5 Å². The lowest BCUT2D eigenvalue weighted by molar-refractivity contribution is -0.136. The van der Waals surface area contributed by atoms with Crippen LogP contribution in [0.4, 0.5) is 5.82 Å². The van der Waals surface area contributed by atoms with Crippen LogP contribution in [0.3, 0.4) is 0 Å². The Labute approximate surface area is 115 Å². The van der Waals surface area contributed by atoms with Crippen molar-refractivity contribution in [1.82, 2.24) is 20.0 Å². The summed E-state index contributed by atoms with van der Waals surface area (Å²) in [6, 6.07) is 2.44. The van der Waals surface area contributed by atoms with Crippen LogP contribution < -0.4 is 5.32 Å². The fraction of sp³-hybridized carbons (Fsp3) is 0.417. The molecule has 8 nitrogen and oxygen atoms in total. The number of nitrogens with zero attached hydrogens (tertiary/aromatic N) is 4. The molecule has 2 rings (SSSR count). The Bertz CT molecular complexity index is 555. The Morgan fingerprint density at radius 3 is 2.50 bits per heavy atom. The molecule has 3 amide bonds. The zero-order valence-corrected chi connectivity index (χ0v) is 11.5. The van der Waals surface area contributed by atoms with Crippen LogP contribution in [0.15, 0.2) is 12.1 Å². The maximum Gasteiger partial charge on any atom is 0.273 e. The molecule has 2 heterocycles. The molecule has 1 aliphatic heterocycles. The summed E-state index contributed by atoms with van der Waals surface area (Å²) in [6.07, 6.45) is 0.0927. The third kappa shape index (κ3) is 2.58. The maximum atomic E-state index is 11.7. The summed E-state index contributed by atoms with van der Waals surface area (Å²) in [6.45, 7) is 0. The molecule has 1 aromatic heterocycles. The van der Waals surface area contributed by atoms with Crippen molar-refractivity contribution in [2.24, 2.45) is 0 Å². The van der Waals surface area contributed by atoms with Crippen molar-refractivity contribution in [3.8, 4) is 0 Å². The number of imide groups is 1. The third-order valence-electron chi connectivity index (χ3n) is 2.99. The lowest BCUT2D eigenvalue weighted by atomic mass is 10.2. The van der Waals surface area contributed by atoms with Crippen LogP contribution >= 0.6 is 0 Å². The van der Waals surface area contributed by atoms with E-state index in [9.17, 15) is 14.4 Å². The fourth-order valence-electron chi connectivity index (χ4n) is 1.80. The molecule has 106 valence electrons. The van der Waals surface area contributed by atoms with Crippen molar-refractivity contribution >= 4 is 23.5 Å². The highest BCUT2D eigenvalue weighted by Gasteiger charge is 2.36. The Morgan fingerprint density at radius 2 is 2.05 bits per heavy atom. The highest BCUT2D eigenvalue weighted by molar-refractivity contribution is 6.06. The molecule has 0 radical (unpaired) electrons. The van der Waals surface area contributed by atoms with Crippen molar-refractivity contribution in [3.63, 3.8) is 0 Å². The first-order valence-electron chi connectivity index (χ1n) is 6.02. The number of rotatable bonds is 3. The molecule has 1 atom stereocenters. The van der Waals surface area contributed by atoms with Crippen LogP contribution in [0, 0.1) is 0 Å². The van der Waals surface area contributed by atoms with E-state index in [0.717, 1.165) is 4.90 Å². The summed E-state index contributed by atoms with van der Waals surface area (Å²) in [5.41, 5.74) is 0.214. The Balaban J connectivity index is 2.07. The molecule has 8 heteroatoms. The van der Waals surface area contributed by atoms with Crippen LogP contribution in [0.2, 0.25) is 0 Å². The number of carbonyl (C=O) groups excluding carboxylic acids is 3. The van der Waals surface area contributed by atoms with E-state index in [1.165, 1.54) is 18.0 Å². The monoisotopic (exact) mass is 277 g/mol. The zero-order chi connectivity index (χ0) is 14.9. The lowest BCUT2D eigenvalue weighted by Crippen LogP contribution is -2.32. The number of aromatic nitrogens is 2. The maximum absolute atomic E-state index is 11.7. The van der Waals surface area contributed by atoms with Crippen molar-refractivity contribution in [3.05, 3.63) is 17.8 Å². The molecule has 1 N–H and O–H groups in total. The van der Waals surface area contributed by atoms with Gasteiger partial charge >= 0.3 is 0 Å². The average molecular weight is 277 g/mol. The molecule has 20 heavy (non-hydrogen) atoms. The molecule has 1 saturated heterocycles. The predicted molar refractivity (Wildman–Crippen MR) is 69.9 cm³/mol. The van der Waals surface area contributed by atoms with E-state index < -0.39 is 6.04 Å². The second kappa shape index (κ2) is 5.24. The van der Waals surface area contributed by atoms with Gasteiger partial charge in [0.15, 0.2) is 5.69 Å². The number of amides is 3. The number of anilines is 1. The van der Waals surface area contributed by atoms with Gasteiger partial charge in [-0.2, -0.15) is 0 Å². The van der Waals surface area contributed by atoms with E-state index in [1.807, 2.05) is 0 Å². The average Bonchev–Trinajstić information content (AvgIpc) is 2.66. The largest absolute Gasteiger partial charge is 0.356 e. The standard InChI is InChI=1S/C12H15N5O3/c1-16(2)11(19)7-4-5-9(15-14-7)13-8-6-10(18)17(3)12(8)20/h4-5,8H,6H2,1-3H3,(H,13,15).